The second-order valence-corrected chi connectivity index (χ2v) is 10.2. The largest absolute Gasteiger partial charge is 0.491 e. The summed E-state index contributed by atoms with van der Waals surface area (Å²) in [5, 5.41) is 9.81. The monoisotopic (exact) mass is 429 g/mol. The second-order valence-electron chi connectivity index (χ2n) is 6.38. The fraction of sp³-hybridized carbons (Fsp3) is 0.0526. The summed E-state index contributed by atoms with van der Waals surface area (Å²) in [6.07, 6.45) is 0. The summed E-state index contributed by atoms with van der Waals surface area (Å²) in [5.41, 5.74) is 0.934. The van der Waals surface area contributed by atoms with Crippen LogP contribution in [0.1, 0.15) is 5.56 Å². The highest BCUT2D eigenvalue weighted by Crippen LogP contribution is 2.31. The first-order chi connectivity index (χ1) is 13.8. The van der Waals surface area contributed by atoms with Crippen LogP contribution in [0.15, 0.2) is 88.7 Å². The SMILES string of the molecule is O=S(=O)(c1ccccc1)N(c1ccc2c(c1)COB2O)S(=O)(=O)c1ccccc1. The average molecular weight is 429 g/mol. The maximum absolute atomic E-state index is 13.4. The molecule has 7 nitrogen and oxygen atoms in total. The third-order valence-electron chi connectivity index (χ3n) is 4.52. The van der Waals surface area contributed by atoms with Crippen LogP contribution in [0.25, 0.3) is 0 Å². The number of sulfonamides is 2. The molecule has 0 saturated heterocycles. The van der Waals surface area contributed by atoms with E-state index in [1.165, 1.54) is 66.7 Å². The third kappa shape index (κ3) is 3.44. The van der Waals surface area contributed by atoms with Gasteiger partial charge in [-0.2, -0.15) is 3.71 Å². The Balaban J connectivity index is 1.94. The van der Waals surface area contributed by atoms with Crippen molar-refractivity contribution in [2.24, 2.45) is 0 Å². The number of nitrogens with zero attached hydrogens (tertiary/aromatic N) is 1. The molecule has 0 fully saturated rings. The van der Waals surface area contributed by atoms with Crippen LogP contribution < -0.4 is 9.17 Å². The first kappa shape index (κ1) is 19.7. The smallest absolute Gasteiger partial charge is 0.423 e. The van der Waals surface area contributed by atoms with E-state index < -0.39 is 27.2 Å². The molecule has 0 aliphatic carbocycles. The van der Waals surface area contributed by atoms with Gasteiger partial charge in [0, 0.05) is 0 Å². The summed E-state index contributed by atoms with van der Waals surface area (Å²) in [6.45, 7) is 0.0505. The number of rotatable bonds is 5. The first-order valence-electron chi connectivity index (χ1n) is 8.65. The predicted octanol–water partition coefficient (Wildman–Crippen LogP) is 1.49. The van der Waals surface area contributed by atoms with Gasteiger partial charge in [-0.05, 0) is 47.4 Å². The van der Waals surface area contributed by atoms with Crippen LogP contribution in [0.5, 0.6) is 0 Å². The van der Waals surface area contributed by atoms with E-state index in [9.17, 15) is 21.9 Å². The maximum Gasteiger partial charge on any atom is 0.491 e. The molecule has 0 atom stereocenters. The highest BCUT2D eigenvalue weighted by molar-refractivity contribution is 8.10. The fourth-order valence-corrected chi connectivity index (χ4v) is 6.83. The topological polar surface area (TPSA) is 101 Å². The lowest BCUT2D eigenvalue weighted by molar-refractivity contribution is 0.275. The van der Waals surface area contributed by atoms with E-state index in [1.54, 1.807) is 12.1 Å². The molecule has 29 heavy (non-hydrogen) atoms. The predicted molar refractivity (Wildman–Crippen MR) is 109 cm³/mol. The van der Waals surface area contributed by atoms with E-state index in [0.717, 1.165) is 0 Å². The minimum Gasteiger partial charge on any atom is -0.423 e. The van der Waals surface area contributed by atoms with Crippen molar-refractivity contribution in [2.45, 2.75) is 16.4 Å². The van der Waals surface area contributed by atoms with Crippen LogP contribution in [0.3, 0.4) is 0 Å². The molecule has 10 heteroatoms. The van der Waals surface area contributed by atoms with Crippen molar-refractivity contribution < 1.29 is 26.5 Å². The lowest BCUT2D eigenvalue weighted by Gasteiger charge is -2.24. The number of fused-ring (bicyclic) bond motifs is 1. The second kappa shape index (κ2) is 7.31. The Bertz CT molecular complexity index is 1180. The lowest BCUT2D eigenvalue weighted by atomic mass is 9.79. The van der Waals surface area contributed by atoms with Gasteiger partial charge in [0.15, 0.2) is 0 Å². The van der Waals surface area contributed by atoms with Crippen molar-refractivity contribution in [3.05, 3.63) is 84.4 Å². The van der Waals surface area contributed by atoms with Crippen molar-refractivity contribution in [1.82, 2.24) is 0 Å². The Morgan fingerprint density at radius 1 is 0.793 bits per heavy atom. The molecule has 1 aliphatic heterocycles. The fourth-order valence-electron chi connectivity index (χ4n) is 3.11. The van der Waals surface area contributed by atoms with Gasteiger partial charge in [-0.3, -0.25) is 0 Å². The molecule has 0 amide bonds. The highest BCUT2D eigenvalue weighted by atomic mass is 32.3. The van der Waals surface area contributed by atoms with Crippen LogP contribution in [0.4, 0.5) is 5.69 Å². The Kier molecular flexibility index (Phi) is 4.95. The molecule has 148 valence electrons. The molecule has 0 spiro atoms. The molecule has 4 rings (SSSR count). The van der Waals surface area contributed by atoms with Crippen LogP contribution in [-0.4, -0.2) is 29.0 Å². The normalized spacial score (nSPS) is 13.9. The van der Waals surface area contributed by atoms with Gasteiger partial charge in [-0.25, -0.2) is 16.8 Å². The van der Waals surface area contributed by atoms with Crippen molar-refractivity contribution in [2.75, 3.05) is 3.71 Å². The zero-order chi connectivity index (χ0) is 20.6. The molecule has 0 bridgehead atoms. The van der Waals surface area contributed by atoms with Gasteiger partial charge in [0.1, 0.15) is 0 Å². The summed E-state index contributed by atoms with van der Waals surface area (Å²) in [4.78, 5) is -0.312. The maximum atomic E-state index is 13.4. The molecular weight excluding hydrogens is 413 g/mol. The van der Waals surface area contributed by atoms with Gasteiger partial charge in [-0.15, -0.1) is 0 Å². The van der Waals surface area contributed by atoms with Crippen LogP contribution in [-0.2, 0) is 31.3 Å². The number of hydrogen-bond donors (Lipinski definition) is 1. The number of anilines is 1. The van der Waals surface area contributed by atoms with Gasteiger partial charge in [-0.1, -0.05) is 42.5 Å². The molecule has 0 unspecified atom stereocenters. The Morgan fingerprint density at radius 2 is 1.31 bits per heavy atom. The molecule has 0 aromatic heterocycles. The highest BCUT2D eigenvalue weighted by Gasteiger charge is 2.38. The van der Waals surface area contributed by atoms with Crippen molar-refractivity contribution in [3.8, 4) is 0 Å². The summed E-state index contributed by atoms with van der Waals surface area (Å²) in [7, 11) is -10.0. The Labute approximate surface area is 169 Å². The molecule has 0 radical (unpaired) electrons. The number of hydrogen-bond acceptors (Lipinski definition) is 6. The minimum absolute atomic E-state index is 0.0505. The molecule has 3 aromatic carbocycles. The summed E-state index contributed by atoms with van der Waals surface area (Å²) in [5.74, 6) is 0. The van der Waals surface area contributed by atoms with E-state index in [0.29, 0.717) is 14.7 Å². The average Bonchev–Trinajstić information content (AvgIpc) is 3.09. The van der Waals surface area contributed by atoms with Gasteiger partial charge in [0.2, 0.25) is 0 Å². The molecule has 1 heterocycles. The van der Waals surface area contributed by atoms with Gasteiger partial charge in [0.25, 0.3) is 20.0 Å². The lowest BCUT2D eigenvalue weighted by Crippen LogP contribution is -2.37. The van der Waals surface area contributed by atoms with Crippen LogP contribution in [0.2, 0.25) is 0 Å². The minimum atomic E-state index is -4.45. The Morgan fingerprint density at radius 3 is 1.83 bits per heavy atom. The van der Waals surface area contributed by atoms with E-state index in [-0.39, 0.29) is 22.1 Å². The van der Waals surface area contributed by atoms with Gasteiger partial charge in [0.05, 0.1) is 22.1 Å². The molecule has 0 saturated carbocycles. The molecular formula is C19H16BNO6S2. The summed E-state index contributed by atoms with van der Waals surface area (Å²) < 4.78 is 59.1. The van der Waals surface area contributed by atoms with Gasteiger partial charge >= 0.3 is 7.12 Å². The molecule has 3 aromatic rings. The zero-order valence-corrected chi connectivity index (χ0v) is 16.7. The summed E-state index contributed by atoms with van der Waals surface area (Å²) in [6, 6.07) is 18.9. The third-order valence-corrected chi connectivity index (χ3v) is 8.73. The van der Waals surface area contributed by atoms with Crippen molar-refractivity contribution >= 4 is 38.3 Å². The summed E-state index contributed by atoms with van der Waals surface area (Å²) >= 11 is 0. The Hall–Kier alpha value is -2.66. The van der Waals surface area contributed by atoms with Crippen LogP contribution in [0, 0.1) is 0 Å². The van der Waals surface area contributed by atoms with E-state index in [1.807, 2.05) is 0 Å². The zero-order valence-electron chi connectivity index (χ0n) is 15.0. The van der Waals surface area contributed by atoms with E-state index >= 15 is 0 Å². The molecule has 1 aliphatic rings. The van der Waals surface area contributed by atoms with E-state index in [4.69, 9.17) is 4.65 Å². The van der Waals surface area contributed by atoms with Gasteiger partial charge < -0.3 is 9.68 Å². The first-order valence-corrected chi connectivity index (χ1v) is 11.5. The van der Waals surface area contributed by atoms with Crippen molar-refractivity contribution in [1.29, 1.82) is 0 Å². The van der Waals surface area contributed by atoms with E-state index in [2.05, 4.69) is 0 Å². The van der Waals surface area contributed by atoms with Crippen molar-refractivity contribution in [3.63, 3.8) is 0 Å². The quantitative estimate of drug-likeness (QED) is 0.617. The number of benzene rings is 3. The van der Waals surface area contributed by atoms with Crippen LogP contribution >= 0.6 is 0 Å². The standard InChI is InChI=1S/C19H16BNO6S2/c22-20-19-12-11-16(13-15(19)14-27-20)21(28(23,24)17-7-3-1-4-8-17)29(25,26)18-9-5-2-6-10-18/h1-13,22H,14H2. The molecule has 1 N–H and O–H groups in total.